The fourth-order valence-electron chi connectivity index (χ4n) is 1.73. The lowest BCUT2D eigenvalue weighted by Crippen LogP contribution is -2.43. The third-order valence-electron chi connectivity index (χ3n) is 2.30. The van der Waals surface area contributed by atoms with Gasteiger partial charge in [0.2, 0.25) is 0 Å². The van der Waals surface area contributed by atoms with Gasteiger partial charge in [0.05, 0.1) is 17.4 Å². The summed E-state index contributed by atoms with van der Waals surface area (Å²) in [5.41, 5.74) is 4.60. The molecule has 1 fully saturated rings. The topological polar surface area (TPSA) is 97.5 Å². The Morgan fingerprint density at radius 2 is 2.23 bits per heavy atom. The summed E-state index contributed by atoms with van der Waals surface area (Å²) < 4.78 is 22.6. The minimum atomic E-state index is -3.17. The summed E-state index contributed by atoms with van der Waals surface area (Å²) in [5, 5.41) is 8.00. The van der Waals surface area contributed by atoms with E-state index in [-0.39, 0.29) is 18.6 Å². The molecule has 1 heterocycles. The number of hydrogen-bond acceptors (Lipinski definition) is 4. The lowest BCUT2D eigenvalue weighted by molar-refractivity contribution is -0.138. The molecule has 1 saturated heterocycles. The summed E-state index contributed by atoms with van der Waals surface area (Å²) in [6, 6.07) is 0. The van der Waals surface area contributed by atoms with Crippen LogP contribution < -0.4 is 5.73 Å². The van der Waals surface area contributed by atoms with Crippen LogP contribution in [0.2, 0.25) is 0 Å². The van der Waals surface area contributed by atoms with Gasteiger partial charge < -0.3 is 10.8 Å². The van der Waals surface area contributed by atoms with Crippen molar-refractivity contribution in [2.24, 2.45) is 5.73 Å². The van der Waals surface area contributed by atoms with E-state index < -0.39 is 26.6 Å². The van der Waals surface area contributed by atoms with Gasteiger partial charge in [0, 0.05) is 5.54 Å². The first kappa shape index (κ1) is 10.5. The van der Waals surface area contributed by atoms with E-state index in [9.17, 15) is 13.2 Å². The predicted molar refractivity (Wildman–Crippen MR) is 47.0 cm³/mol. The maximum atomic E-state index is 11.3. The van der Waals surface area contributed by atoms with E-state index in [2.05, 4.69) is 0 Å². The van der Waals surface area contributed by atoms with Gasteiger partial charge in [-0.2, -0.15) is 0 Å². The summed E-state index contributed by atoms with van der Waals surface area (Å²) in [6.07, 6.45) is -0.0434. The minimum absolute atomic E-state index is 0.215. The molecule has 0 aliphatic carbocycles. The fraction of sp³-hybridized carbons (Fsp3) is 0.857. The van der Waals surface area contributed by atoms with Crippen LogP contribution in [-0.2, 0) is 14.6 Å². The summed E-state index contributed by atoms with van der Waals surface area (Å²) >= 11 is 0. The number of aliphatic carboxylic acids is 1. The monoisotopic (exact) mass is 207 g/mol. The lowest BCUT2D eigenvalue weighted by atomic mass is 9.94. The van der Waals surface area contributed by atoms with Crippen molar-refractivity contribution in [3.63, 3.8) is 0 Å². The number of carboxylic acid groups (broad SMARTS) is 1. The zero-order valence-electron chi connectivity index (χ0n) is 7.36. The van der Waals surface area contributed by atoms with Crippen LogP contribution in [0.4, 0.5) is 0 Å². The normalized spacial score (nSPS) is 37.5. The molecule has 1 rings (SSSR count). The quantitative estimate of drug-likeness (QED) is 0.628. The Labute approximate surface area is 76.8 Å². The van der Waals surface area contributed by atoms with Gasteiger partial charge in [-0.3, -0.25) is 4.79 Å². The van der Waals surface area contributed by atoms with Crippen molar-refractivity contribution in [3.05, 3.63) is 0 Å². The molecule has 0 radical (unpaired) electrons. The molecule has 0 amide bonds. The van der Waals surface area contributed by atoms with Crippen LogP contribution in [-0.4, -0.2) is 36.0 Å². The van der Waals surface area contributed by atoms with E-state index in [1.807, 2.05) is 0 Å². The van der Waals surface area contributed by atoms with E-state index >= 15 is 0 Å². The van der Waals surface area contributed by atoms with Gasteiger partial charge in [0.25, 0.3) is 0 Å². The number of carboxylic acids is 1. The average Bonchev–Trinajstić information content (AvgIpc) is 1.98. The molecule has 2 atom stereocenters. The molecule has 6 heteroatoms. The second kappa shape index (κ2) is 2.95. The zero-order chi connectivity index (χ0) is 10.3. The summed E-state index contributed by atoms with van der Waals surface area (Å²) in [4.78, 5) is 10.4. The maximum absolute atomic E-state index is 11.3. The van der Waals surface area contributed by atoms with Crippen LogP contribution in [0, 0.1) is 0 Å². The van der Waals surface area contributed by atoms with Crippen LogP contribution in [0.5, 0.6) is 0 Å². The van der Waals surface area contributed by atoms with Gasteiger partial charge in [-0.25, -0.2) is 8.42 Å². The first-order valence-electron chi connectivity index (χ1n) is 3.97. The molecule has 3 N–H and O–H groups in total. The number of sulfone groups is 1. The van der Waals surface area contributed by atoms with Gasteiger partial charge in [-0.1, -0.05) is 0 Å². The predicted octanol–water partition coefficient (Wildman–Crippen LogP) is -0.634. The van der Waals surface area contributed by atoms with Crippen molar-refractivity contribution < 1.29 is 18.3 Å². The average molecular weight is 207 g/mol. The van der Waals surface area contributed by atoms with E-state index in [1.54, 1.807) is 6.92 Å². The van der Waals surface area contributed by atoms with Crippen LogP contribution >= 0.6 is 0 Å². The maximum Gasteiger partial charge on any atom is 0.305 e. The highest BCUT2D eigenvalue weighted by molar-refractivity contribution is 7.92. The molecule has 2 unspecified atom stereocenters. The molecule has 1 aliphatic rings. The fourth-order valence-corrected chi connectivity index (χ4v) is 3.62. The summed E-state index contributed by atoms with van der Waals surface area (Å²) in [5.74, 6) is -1.26. The second-order valence-electron chi connectivity index (χ2n) is 3.75. The van der Waals surface area contributed by atoms with E-state index in [1.165, 1.54) is 0 Å². The molecule has 0 aromatic carbocycles. The molecule has 76 valence electrons. The number of hydrogen-bond donors (Lipinski definition) is 2. The Kier molecular flexibility index (Phi) is 2.38. The number of carbonyl (C=O) groups is 1. The minimum Gasteiger partial charge on any atom is -0.481 e. The van der Waals surface area contributed by atoms with Crippen LogP contribution in [0.25, 0.3) is 0 Å². The van der Waals surface area contributed by atoms with Crippen molar-refractivity contribution in [2.75, 3.05) is 5.75 Å². The van der Waals surface area contributed by atoms with Crippen molar-refractivity contribution >= 4 is 15.8 Å². The number of nitrogens with two attached hydrogens (primary N) is 1. The summed E-state index contributed by atoms with van der Waals surface area (Å²) in [6.45, 7) is 1.56. The van der Waals surface area contributed by atoms with Crippen LogP contribution in [0.15, 0.2) is 0 Å². The second-order valence-corrected chi connectivity index (χ2v) is 6.17. The van der Waals surface area contributed by atoms with Crippen LogP contribution in [0.1, 0.15) is 19.8 Å². The lowest BCUT2D eigenvalue weighted by Gasteiger charge is -2.18. The Morgan fingerprint density at radius 3 is 2.54 bits per heavy atom. The van der Waals surface area contributed by atoms with Crippen molar-refractivity contribution in [1.29, 1.82) is 0 Å². The molecule has 5 nitrogen and oxygen atoms in total. The summed E-state index contributed by atoms with van der Waals surface area (Å²) in [7, 11) is -3.17. The molecule has 13 heavy (non-hydrogen) atoms. The smallest absolute Gasteiger partial charge is 0.305 e. The first-order chi connectivity index (χ1) is 5.75. The largest absolute Gasteiger partial charge is 0.481 e. The Balaban J connectivity index is 2.82. The van der Waals surface area contributed by atoms with Crippen molar-refractivity contribution in [3.8, 4) is 0 Å². The Hall–Kier alpha value is -0.620. The third kappa shape index (κ3) is 2.19. The van der Waals surface area contributed by atoms with E-state index in [0.717, 1.165) is 0 Å². The van der Waals surface area contributed by atoms with Gasteiger partial charge in [0.1, 0.15) is 0 Å². The molecule has 0 spiro atoms. The molecule has 0 bridgehead atoms. The third-order valence-corrected chi connectivity index (χ3v) is 4.67. The zero-order valence-corrected chi connectivity index (χ0v) is 8.17. The highest BCUT2D eigenvalue weighted by Gasteiger charge is 2.45. The number of rotatable bonds is 2. The standard InChI is InChI=1S/C7H13NO4S/c1-5-2-7(8,3-6(9)10)4-13(5,11)12/h5H,2-4,8H2,1H3,(H,9,10). The van der Waals surface area contributed by atoms with Gasteiger partial charge >= 0.3 is 5.97 Å². The van der Waals surface area contributed by atoms with Gasteiger partial charge in [-0.05, 0) is 13.3 Å². The molecule has 0 aromatic heterocycles. The van der Waals surface area contributed by atoms with E-state index in [4.69, 9.17) is 10.8 Å². The molecular weight excluding hydrogens is 194 g/mol. The Morgan fingerprint density at radius 1 is 1.69 bits per heavy atom. The molecule has 0 aromatic rings. The SMILES string of the molecule is CC1CC(N)(CC(=O)O)CS1(=O)=O. The van der Waals surface area contributed by atoms with Crippen molar-refractivity contribution in [1.82, 2.24) is 0 Å². The van der Waals surface area contributed by atoms with Crippen LogP contribution in [0.3, 0.4) is 0 Å². The first-order valence-corrected chi connectivity index (χ1v) is 5.69. The van der Waals surface area contributed by atoms with E-state index in [0.29, 0.717) is 0 Å². The Bertz CT molecular complexity index is 323. The highest BCUT2D eigenvalue weighted by atomic mass is 32.2. The van der Waals surface area contributed by atoms with Gasteiger partial charge in [0.15, 0.2) is 9.84 Å². The highest BCUT2D eigenvalue weighted by Crippen LogP contribution is 2.29. The molecule has 1 aliphatic heterocycles. The van der Waals surface area contributed by atoms with Crippen molar-refractivity contribution in [2.45, 2.75) is 30.6 Å². The molecular formula is C7H13NO4S. The molecule has 0 saturated carbocycles. The van der Waals surface area contributed by atoms with Gasteiger partial charge in [-0.15, -0.1) is 0 Å².